The van der Waals surface area contributed by atoms with Crippen LogP contribution in [-0.4, -0.2) is 34.7 Å². The van der Waals surface area contributed by atoms with E-state index in [4.69, 9.17) is 10.4 Å². The molecule has 3 N–H and O–H groups in total. The highest BCUT2D eigenvalue weighted by atomic mass is 19.4. The number of nitrogen functional groups attached to an aromatic ring is 1. The number of carbonyl (C=O) groups is 1. The summed E-state index contributed by atoms with van der Waals surface area (Å²) in [6.45, 7) is 2.11. The van der Waals surface area contributed by atoms with Gasteiger partial charge in [-0.25, -0.2) is 5.84 Å². The molecular weight excluding hydrogens is 265 g/mol. The zero-order chi connectivity index (χ0) is 14.6. The normalized spacial score (nSPS) is 12.2. The van der Waals surface area contributed by atoms with Crippen molar-refractivity contribution in [1.82, 2.24) is 15.5 Å². The predicted octanol–water partition coefficient (Wildman–Crippen LogP) is 1.05. The Labute approximate surface area is 107 Å². The summed E-state index contributed by atoms with van der Waals surface area (Å²) in [5.74, 6) is 4.40. The highest BCUT2D eigenvalue weighted by molar-refractivity contribution is 5.91. The number of nitrogens with two attached hydrogens (primary N) is 1. The van der Waals surface area contributed by atoms with Crippen molar-refractivity contribution in [1.29, 1.82) is 0 Å². The molecule has 19 heavy (non-hydrogen) atoms. The third-order valence-corrected chi connectivity index (χ3v) is 2.39. The van der Waals surface area contributed by atoms with Crippen LogP contribution in [0.5, 0.6) is 0 Å². The summed E-state index contributed by atoms with van der Waals surface area (Å²) < 4.78 is 42.0. The summed E-state index contributed by atoms with van der Waals surface area (Å²) in [6.07, 6.45) is -4.30. The predicted molar refractivity (Wildman–Crippen MR) is 59.8 cm³/mol. The minimum absolute atomic E-state index is 0.0757. The van der Waals surface area contributed by atoms with Gasteiger partial charge in [0.25, 0.3) is 5.91 Å². The van der Waals surface area contributed by atoms with Gasteiger partial charge in [-0.05, 0) is 13.8 Å². The number of carbonyl (C=O) groups excluding carboxylic acids is 1. The van der Waals surface area contributed by atoms with E-state index in [-0.39, 0.29) is 24.0 Å². The van der Waals surface area contributed by atoms with E-state index in [9.17, 15) is 18.0 Å². The van der Waals surface area contributed by atoms with E-state index < -0.39 is 18.6 Å². The number of halogens is 3. The molecule has 6 nitrogen and oxygen atoms in total. The zero-order valence-electron chi connectivity index (χ0n) is 10.5. The number of hydrogen-bond donors (Lipinski definition) is 2. The maximum Gasteiger partial charge on any atom is 0.401 e. The number of hydrazine groups is 1. The smallest absolute Gasteiger partial charge is 0.359 e. The average molecular weight is 280 g/mol. The minimum atomic E-state index is -4.30. The molecule has 0 aliphatic heterocycles. The van der Waals surface area contributed by atoms with Gasteiger partial charge in [-0.3, -0.25) is 15.1 Å². The summed E-state index contributed by atoms with van der Waals surface area (Å²) >= 11 is 0. The van der Waals surface area contributed by atoms with Gasteiger partial charge in [0.2, 0.25) is 0 Å². The van der Waals surface area contributed by atoms with Crippen molar-refractivity contribution in [2.75, 3.05) is 6.54 Å². The van der Waals surface area contributed by atoms with Gasteiger partial charge >= 0.3 is 6.18 Å². The SMILES string of the molecule is CC(C)N(Cc1cc(C(=O)NN)no1)CC(F)(F)F. The van der Waals surface area contributed by atoms with Crippen LogP contribution >= 0.6 is 0 Å². The lowest BCUT2D eigenvalue weighted by Gasteiger charge is -2.26. The van der Waals surface area contributed by atoms with E-state index in [0.29, 0.717) is 0 Å². The van der Waals surface area contributed by atoms with Crippen LogP contribution in [0.3, 0.4) is 0 Å². The molecule has 0 aliphatic rings. The largest absolute Gasteiger partial charge is 0.401 e. The fourth-order valence-corrected chi connectivity index (χ4v) is 1.42. The Hall–Kier alpha value is -1.61. The van der Waals surface area contributed by atoms with Gasteiger partial charge in [0, 0.05) is 12.1 Å². The Morgan fingerprint density at radius 3 is 2.68 bits per heavy atom. The number of nitrogens with one attached hydrogen (secondary N) is 1. The van der Waals surface area contributed by atoms with E-state index in [1.165, 1.54) is 6.07 Å². The van der Waals surface area contributed by atoms with Crippen molar-refractivity contribution in [2.45, 2.75) is 32.6 Å². The van der Waals surface area contributed by atoms with Crippen LogP contribution in [0.4, 0.5) is 13.2 Å². The molecule has 1 aromatic heterocycles. The van der Waals surface area contributed by atoms with Gasteiger partial charge in [0.1, 0.15) is 0 Å². The summed E-state index contributed by atoms with van der Waals surface area (Å²) in [7, 11) is 0. The average Bonchev–Trinajstić information content (AvgIpc) is 2.73. The number of amides is 1. The highest BCUT2D eigenvalue weighted by Gasteiger charge is 2.32. The van der Waals surface area contributed by atoms with Gasteiger partial charge in [0.05, 0.1) is 13.1 Å². The molecule has 0 radical (unpaired) electrons. The Kier molecular flexibility index (Phi) is 4.90. The molecule has 1 heterocycles. The molecule has 0 bridgehead atoms. The lowest BCUT2D eigenvalue weighted by Crippen LogP contribution is -2.38. The molecule has 0 saturated carbocycles. The molecule has 0 aromatic carbocycles. The van der Waals surface area contributed by atoms with Crippen LogP contribution in [0.2, 0.25) is 0 Å². The van der Waals surface area contributed by atoms with Gasteiger partial charge in [0.15, 0.2) is 11.5 Å². The maximum atomic E-state index is 12.4. The van der Waals surface area contributed by atoms with Crippen molar-refractivity contribution in [3.8, 4) is 0 Å². The summed E-state index contributed by atoms with van der Waals surface area (Å²) in [5.41, 5.74) is 1.78. The molecule has 1 aromatic rings. The molecule has 0 unspecified atom stereocenters. The maximum absolute atomic E-state index is 12.4. The van der Waals surface area contributed by atoms with Gasteiger partial charge in [-0.2, -0.15) is 13.2 Å². The second-order valence-electron chi connectivity index (χ2n) is 4.27. The van der Waals surface area contributed by atoms with E-state index in [2.05, 4.69) is 5.16 Å². The molecular formula is C10H15F3N4O2. The zero-order valence-corrected chi connectivity index (χ0v) is 10.5. The molecule has 9 heteroatoms. The fraction of sp³-hybridized carbons (Fsp3) is 0.600. The van der Waals surface area contributed by atoms with Crippen LogP contribution in [0.15, 0.2) is 10.6 Å². The number of hydrogen-bond acceptors (Lipinski definition) is 5. The third-order valence-electron chi connectivity index (χ3n) is 2.39. The summed E-state index contributed by atoms with van der Waals surface area (Å²) in [6, 6.07) is 0.923. The van der Waals surface area contributed by atoms with Crippen molar-refractivity contribution >= 4 is 5.91 Å². The van der Waals surface area contributed by atoms with Crippen LogP contribution < -0.4 is 11.3 Å². The Balaban J connectivity index is 2.74. The Bertz CT molecular complexity index is 431. The second kappa shape index (κ2) is 6.02. The van der Waals surface area contributed by atoms with Crippen molar-refractivity contribution < 1.29 is 22.5 Å². The minimum Gasteiger partial charge on any atom is -0.359 e. The Morgan fingerprint density at radius 2 is 2.21 bits per heavy atom. The van der Waals surface area contributed by atoms with Crippen LogP contribution in [-0.2, 0) is 6.54 Å². The first kappa shape index (κ1) is 15.4. The van der Waals surface area contributed by atoms with E-state index in [1.54, 1.807) is 13.8 Å². The first-order chi connectivity index (χ1) is 8.73. The lowest BCUT2D eigenvalue weighted by atomic mass is 10.2. The monoisotopic (exact) mass is 280 g/mol. The van der Waals surface area contributed by atoms with E-state index in [0.717, 1.165) is 4.90 Å². The second-order valence-corrected chi connectivity index (χ2v) is 4.27. The molecule has 0 saturated heterocycles. The van der Waals surface area contributed by atoms with Crippen molar-refractivity contribution in [2.24, 2.45) is 5.84 Å². The lowest BCUT2D eigenvalue weighted by molar-refractivity contribution is -0.151. The third kappa shape index (κ3) is 4.87. The first-order valence-corrected chi connectivity index (χ1v) is 5.50. The molecule has 108 valence electrons. The molecule has 0 aliphatic carbocycles. The Morgan fingerprint density at radius 1 is 1.58 bits per heavy atom. The molecule has 1 amide bonds. The quantitative estimate of drug-likeness (QED) is 0.478. The van der Waals surface area contributed by atoms with Crippen molar-refractivity contribution in [3.63, 3.8) is 0 Å². The van der Waals surface area contributed by atoms with Crippen LogP contribution in [0, 0.1) is 0 Å². The van der Waals surface area contributed by atoms with Crippen LogP contribution in [0.1, 0.15) is 30.1 Å². The number of nitrogens with zero attached hydrogens (tertiary/aromatic N) is 2. The molecule has 0 atom stereocenters. The highest BCUT2D eigenvalue weighted by Crippen LogP contribution is 2.20. The summed E-state index contributed by atoms with van der Waals surface area (Å²) in [5, 5.41) is 3.42. The standard InChI is InChI=1S/C10H15F3N4O2/c1-6(2)17(5-10(11,12)13)4-7-3-8(16-19-7)9(18)15-14/h3,6H,4-5,14H2,1-2H3,(H,15,18). The number of rotatable bonds is 5. The van der Waals surface area contributed by atoms with E-state index >= 15 is 0 Å². The molecule has 1 rings (SSSR count). The summed E-state index contributed by atoms with van der Waals surface area (Å²) in [4.78, 5) is 12.3. The topological polar surface area (TPSA) is 84.4 Å². The first-order valence-electron chi connectivity index (χ1n) is 5.50. The van der Waals surface area contributed by atoms with Crippen molar-refractivity contribution in [3.05, 3.63) is 17.5 Å². The fourth-order valence-electron chi connectivity index (χ4n) is 1.42. The molecule has 0 spiro atoms. The van der Waals surface area contributed by atoms with Gasteiger partial charge < -0.3 is 4.52 Å². The number of aromatic nitrogens is 1. The van der Waals surface area contributed by atoms with Crippen LogP contribution in [0.25, 0.3) is 0 Å². The van der Waals surface area contributed by atoms with E-state index in [1.807, 2.05) is 5.43 Å². The van der Waals surface area contributed by atoms with Gasteiger partial charge in [-0.15, -0.1) is 0 Å². The number of alkyl halides is 3. The molecule has 0 fully saturated rings. The van der Waals surface area contributed by atoms with Gasteiger partial charge in [-0.1, -0.05) is 5.16 Å².